The molecule has 2 N–H and O–H groups in total. The molecule has 1 aromatic heterocycles. The highest BCUT2D eigenvalue weighted by Crippen LogP contribution is 2.46. The maximum absolute atomic E-state index is 13.4. The minimum Gasteiger partial charge on any atom is -0.477 e. The Morgan fingerprint density at radius 3 is 2.42 bits per heavy atom. The van der Waals surface area contributed by atoms with Gasteiger partial charge in [0.15, 0.2) is 10.6 Å². The van der Waals surface area contributed by atoms with Crippen LogP contribution in [0.5, 0.6) is 5.75 Å². The van der Waals surface area contributed by atoms with Crippen molar-refractivity contribution in [1.82, 2.24) is 15.0 Å². The Morgan fingerprint density at radius 1 is 1.00 bits per heavy atom. The van der Waals surface area contributed by atoms with E-state index in [9.17, 15) is 18.0 Å². The average Bonchev–Trinajstić information content (AvgIpc) is 3.74. The number of aryl methyl sites for hydroxylation is 1. The van der Waals surface area contributed by atoms with Gasteiger partial charge in [-0.1, -0.05) is 43.5 Å². The van der Waals surface area contributed by atoms with Crippen LogP contribution in [0.1, 0.15) is 95.6 Å². The van der Waals surface area contributed by atoms with Gasteiger partial charge in [-0.3, -0.25) is 4.79 Å². The second kappa shape index (κ2) is 12.3. The molecule has 2 saturated carbocycles. The molecule has 10 nitrogen and oxygen atoms in total. The zero-order valence-corrected chi connectivity index (χ0v) is 26.5. The molecule has 3 aliphatic rings. The van der Waals surface area contributed by atoms with Crippen LogP contribution >= 0.6 is 0 Å². The molecule has 1 aromatic carbocycles. The van der Waals surface area contributed by atoms with Gasteiger partial charge in [0.2, 0.25) is 0 Å². The first-order valence-electron chi connectivity index (χ1n) is 15.4. The molecule has 3 fully saturated rings. The van der Waals surface area contributed by atoms with E-state index in [2.05, 4.69) is 21.1 Å². The zero-order chi connectivity index (χ0) is 30.8. The first-order valence-corrected chi connectivity index (χ1v) is 16.9. The predicted octanol–water partition coefficient (Wildman–Crippen LogP) is 5.35. The molecule has 11 heteroatoms. The van der Waals surface area contributed by atoms with E-state index < -0.39 is 33.2 Å². The van der Waals surface area contributed by atoms with Crippen LogP contribution in [-0.4, -0.2) is 55.7 Å². The third-order valence-corrected chi connectivity index (χ3v) is 9.61. The van der Waals surface area contributed by atoms with Crippen LogP contribution in [0.25, 0.3) is 0 Å². The van der Waals surface area contributed by atoms with Crippen molar-refractivity contribution < 1.29 is 27.5 Å². The number of benzene rings is 1. The molecule has 43 heavy (non-hydrogen) atoms. The van der Waals surface area contributed by atoms with Crippen molar-refractivity contribution in [3.63, 3.8) is 0 Å². The van der Waals surface area contributed by atoms with Gasteiger partial charge in [-0.15, -0.1) is 0 Å². The number of carbonyl (C=O) groups excluding carboxylic acids is 2. The number of rotatable bonds is 8. The molecule has 1 aliphatic heterocycles. The maximum Gasteiger partial charge on any atom is 0.407 e. The first kappa shape index (κ1) is 31.1. The summed E-state index contributed by atoms with van der Waals surface area (Å²) in [5, 5.41) is 2.66. The van der Waals surface area contributed by atoms with Gasteiger partial charge in [-0.25, -0.2) is 14.5 Å². The van der Waals surface area contributed by atoms with Crippen LogP contribution in [0.3, 0.4) is 0 Å². The predicted molar refractivity (Wildman–Crippen MR) is 164 cm³/mol. The quantitative estimate of drug-likeness (QED) is 0.409. The largest absolute Gasteiger partial charge is 0.477 e. The summed E-state index contributed by atoms with van der Waals surface area (Å²) < 4.78 is 40.8. The number of pyridine rings is 1. The molecule has 5 rings (SSSR count). The summed E-state index contributed by atoms with van der Waals surface area (Å²) in [6.45, 7) is 8.51. The van der Waals surface area contributed by atoms with Crippen LogP contribution in [0.4, 0.5) is 10.6 Å². The molecule has 2 aliphatic carbocycles. The minimum absolute atomic E-state index is 0.169. The molecular weight excluding hydrogens is 568 g/mol. The molecule has 2 heterocycles. The average molecular weight is 613 g/mol. The molecule has 1 atom stereocenters. The number of sulfonamides is 1. The van der Waals surface area contributed by atoms with Crippen LogP contribution in [0.2, 0.25) is 0 Å². The number of nitrogens with zero attached hydrogens (tertiary/aromatic N) is 2. The number of anilines is 1. The number of para-hydroxylation sites is 1. The Bertz CT molecular complexity index is 1440. The Kier molecular flexibility index (Phi) is 8.92. The number of nitrogens with one attached hydrogen (secondary N) is 2. The van der Waals surface area contributed by atoms with Gasteiger partial charge in [-0.2, -0.15) is 8.42 Å². The summed E-state index contributed by atoms with van der Waals surface area (Å²) >= 11 is 0. The summed E-state index contributed by atoms with van der Waals surface area (Å²) in [4.78, 5) is 32.1. The lowest BCUT2D eigenvalue weighted by Gasteiger charge is -2.34. The number of hydrogen-bond acceptors (Lipinski definition) is 8. The normalized spacial score (nSPS) is 20.7. The topological polar surface area (TPSA) is 127 Å². The van der Waals surface area contributed by atoms with Crippen LogP contribution < -0.4 is 19.7 Å². The zero-order valence-electron chi connectivity index (χ0n) is 25.6. The van der Waals surface area contributed by atoms with Gasteiger partial charge >= 0.3 is 6.09 Å². The SMILES string of the molecule is Cc1cccc(C2CCCCC2)c1OC1(C(=O)NS(=O)(=O)c2cccc(N3CCCC(NC(=O)OC(C)(C)C)C3)n2)CC1. The molecule has 2 amide bonds. The molecule has 0 radical (unpaired) electrons. The van der Waals surface area contributed by atoms with Gasteiger partial charge in [0.25, 0.3) is 15.9 Å². The fraction of sp³-hybridized carbons (Fsp3) is 0.594. The van der Waals surface area contributed by atoms with E-state index in [4.69, 9.17) is 9.47 Å². The van der Waals surface area contributed by atoms with E-state index in [1.807, 2.05) is 44.7 Å². The molecule has 2 aromatic rings. The number of alkyl carbamates (subject to hydrolysis) is 1. The van der Waals surface area contributed by atoms with Crippen molar-refractivity contribution in [1.29, 1.82) is 0 Å². The van der Waals surface area contributed by atoms with E-state index in [-0.39, 0.29) is 11.1 Å². The molecule has 234 valence electrons. The van der Waals surface area contributed by atoms with Crippen molar-refractivity contribution >= 4 is 27.8 Å². The van der Waals surface area contributed by atoms with Crippen LogP contribution in [0.15, 0.2) is 41.4 Å². The Morgan fingerprint density at radius 2 is 1.72 bits per heavy atom. The van der Waals surface area contributed by atoms with Gasteiger partial charge < -0.3 is 19.7 Å². The molecule has 0 bridgehead atoms. The highest BCUT2D eigenvalue weighted by molar-refractivity contribution is 7.90. The highest BCUT2D eigenvalue weighted by Gasteiger charge is 2.54. The van der Waals surface area contributed by atoms with E-state index in [0.717, 1.165) is 36.8 Å². The van der Waals surface area contributed by atoms with E-state index in [1.165, 1.54) is 25.3 Å². The van der Waals surface area contributed by atoms with Gasteiger partial charge in [0.1, 0.15) is 17.2 Å². The van der Waals surface area contributed by atoms with E-state index in [1.54, 1.807) is 12.1 Å². The molecular formula is C32H44N4O6S. The Labute approximate surface area is 255 Å². The maximum atomic E-state index is 13.4. The number of amides is 2. The van der Waals surface area contributed by atoms with Crippen molar-refractivity contribution in [2.24, 2.45) is 0 Å². The fourth-order valence-corrected chi connectivity index (χ4v) is 7.01. The van der Waals surface area contributed by atoms with Gasteiger partial charge in [-0.05, 0) is 82.6 Å². The summed E-state index contributed by atoms with van der Waals surface area (Å²) in [5.41, 5.74) is 0.236. The lowest BCUT2D eigenvalue weighted by molar-refractivity contribution is -0.128. The fourth-order valence-electron chi connectivity index (χ4n) is 6.01. The van der Waals surface area contributed by atoms with Crippen molar-refractivity contribution in [2.75, 3.05) is 18.0 Å². The summed E-state index contributed by atoms with van der Waals surface area (Å²) in [6, 6.07) is 10.6. The third kappa shape index (κ3) is 7.60. The number of aromatic nitrogens is 1. The standard InChI is InChI=1S/C32H44N4O6S/c1-22-11-8-15-25(23-12-6-5-7-13-23)28(22)41-32(18-19-32)29(37)35-43(39,40)27-17-9-16-26(34-27)36-20-10-14-24(21-36)33-30(38)42-31(2,3)4/h8-9,11,15-17,23-24H,5-7,10,12-14,18-21H2,1-4H3,(H,33,38)(H,35,37). The number of ether oxygens (including phenoxy) is 2. The first-order chi connectivity index (χ1) is 20.4. The molecule has 1 saturated heterocycles. The van der Waals surface area contributed by atoms with Crippen molar-refractivity contribution in [2.45, 2.75) is 114 Å². The number of piperidine rings is 1. The van der Waals surface area contributed by atoms with E-state index in [0.29, 0.717) is 43.4 Å². The third-order valence-electron chi connectivity index (χ3n) is 8.38. The number of carbonyl (C=O) groups is 2. The lowest BCUT2D eigenvalue weighted by Crippen LogP contribution is -2.49. The Hall–Kier alpha value is -3.34. The summed E-state index contributed by atoms with van der Waals surface area (Å²) in [7, 11) is -4.26. The second-order valence-electron chi connectivity index (χ2n) is 13.1. The second-order valence-corrected chi connectivity index (χ2v) is 14.8. The summed E-state index contributed by atoms with van der Waals surface area (Å²) in [5.74, 6) is 0.878. The summed E-state index contributed by atoms with van der Waals surface area (Å²) in [6.07, 6.45) is 7.72. The highest BCUT2D eigenvalue weighted by atomic mass is 32.2. The molecule has 1 unspecified atom stereocenters. The minimum atomic E-state index is -4.26. The van der Waals surface area contributed by atoms with Crippen molar-refractivity contribution in [3.8, 4) is 5.75 Å². The van der Waals surface area contributed by atoms with Crippen molar-refractivity contribution in [3.05, 3.63) is 47.5 Å². The monoisotopic (exact) mass is 612 g/mol. The van der Waals surface area contributed by atoms with Crippen LogP contribution in [0, 0.1) is 6.92 Å². The number of hydrogen-bond donors (Lipinski definition) is 2. The Balaban J connectivity index is 1.26. The van der Waals surface area contributed by atoms with Gasteiger partial charge in [0, 0.05) is 32.0 Å². The van der Waals surface area contributed by atoms with Crippen LogP contribution in [-0.2, 0) is 19.6 Å². The van der Waals surface area contributed by atoms with E-state index >= 15 is 0 Å². The smallest absolute Gasteiger partial charge is 0.407 e. The molecule has 0 spiro atoms. The van der Waals surface area contributed by atoms with Gasteiger partial charge in [0.05, 0.1) is 0 Å². The lowest BCUT2D eigenvalue weighted by atomic mass is 9.83.